The third-order valence-electron chi connectivity index (χ3n) is 6.46. The van der Waals surface area contributed by atoms with Gasteiger partial charge in [0.1, 0.15) is 0 Å². The third-order valence-corrected chi connectivity index (χ3v) is 6.46. The Balaban J connectivity index is 1.70. The minimum absolute atomic E-state index is 0.179. The van der Waals surface area contributed by atoms with Crippen LogP contribution in [0.1, 0.15) is 31.7 Å². The monoisotopic (exact) mass is 321 g/mol. The smallest absolute Gasteiger partial charge is 0.260 e. The summed E-state index contributed by atoms with van der Waals surface area (Å²) >= 11 is 0. The van der Waals surface area contributed by atoms with Crippen molar-refractivity contribution in [2.75, 3.05) is 7.05 Å². The number of rotatable bonds is 1. The van der Waals surface area contributed by atoms with Crippen LogP contribution >= 0.6 is 0 Å². The molecule has 4 heterocycles. The number of para-hydroxylation sites is 1. The van der Waals surface area contributed by atoms with Crippen molar-refractivity contribution in [2.45, 2.75) is 43.8 Å². The molecule has 0 amide bonds. The van der Waals surface area contributed by atoms with Crippen molar-refractivity contribution in [3.05, 3.63) is 46.9 Å². The average Bonchev–Trinajstić information content (AvgIpc) is 2.98. The first kappa shape index (κ1) is 14.3. The van der Waals surface area contributed by atoms with E-state index in [-0.39, 0.29) is 5.56 Å². The maximum atomic E-state index is 13.3. The first-order chi connectivity index (χ1) is 11.6. The van der Waals surface area contributed by atoms with Crippen LogP contribution in [0.3, 0.4) is 0 Å². The van der Waals surface area contributed by atoms with Crippen LogP contribution < -0.4 is 5.56 Å². The molecule has 2 aliphatic rings. The summed E-state index contributed by atoms with van der Waals surface area (Å²) in [6, 6.07) is 12.0. The van der Waals surface area contributed by atoms with Gasteiger partial charge in [-0.3, -0.25) is 4.79 Å². The first-order valence-corrected chi connectivity index (χ1v) is 8.95. The fourth-order valence-electron chi connectivity index (χ4n) is 5.08. The fourth-order valence-corrected chi connectivity index (χ4v) is 5.08. The molecule has 2 bridgehead atoms. The summed E-state index contributed by atoms with van der Waals surface area (Å²) in [5, 5.41) is 1.95. The number of benzene rings is 1. The van der Waals surface area contributed by atoms with E-state index in [1.807, 2.05) is 29.9 Å². The van der Waals surface area contributed by atoms with Gasteiger partial charge in [-0.25, -0.2) is 0 Å². The van der Waals surface area contributed by atoms with Gasteiger partial charge in [-0.2, -0.15) is 0 Å². The van der Waals surface area contributed by atoms with Crippen LogP contribution in [-0.4, -0.2) is 33.2 Å². The molecule has 2 fully saturated rings. The molecule has 0 saturated carbocycles. The van der Waals surface area contributed by atoms with Gasteiger partial charge in [0.25, 0.3) is 5.56 Å². The van der Waals surface area contributed by atoms with E-state index in [0.717, 1.165) is 34.6 Å². The molecule has 5 rings (SSSR count). The summed E-state index contributed by atoms with van der Waals surface area (Å²) in [5.74, 6) is 0. The van der Waals surface area contributed by atoms with Gasteiger partial charge >= 0.3 is 0 Å². The number of piperidine rings is 1. The van der Waals surface area contributed by atoms with Crippen molar-refractivity contribution in [3.63, 3.8) is 0 Å². The summed E-state index contributed by atoms with van der Waals surface area (Å²) in [5.41, 5.74) is 2.34. The van der Waals surface area contributed by atoms with E-state index in [1.165, 1.54) is 12.8 Å². The van der Waals surface area contributed by atoms with Gasteiger partial charge in [-0.1, -0.05) is 18.2 Å². The molecule has 0 aliphatic carbocycles. The van der Waals surface area contributed by atoms with E-state index >= 15 is 0 Å². The van der Waals surface area contributed by atoms with E-state index in [9.17, 15) is 4.79 Å². The summed E-state index contributed by atoms with van der Waals surface area (Å²) in [6.45, 7) is 0. The Kier molecular flexibility index (Phi) is 2.95. The molecular formula is C20H23N3O. The highest BCUT2D eigenvalue weighted by atomic mass is 16.1. The summed E-state index contributed by atoms with van der Waals surface area (Å²) in [6.07, 6.45) is 6.79. The van der Waals surface area contributed by atoms with Gasteiger partial charge < -0.3 is 14.0 Å². The van der Waals surface area contributed by atoms with E-state index in [1.54, 1.807) is 0 Å². The number of fused-ring (bicyclic) bond motifs is 5. The molecule has 3 atom stereocenters. The largest absolute Gasteiger partial charge is 0.343 e. The normalized spacial score (nSPS) is 27.3. The summed E-state index contributed by atoms with van der Waals surface area (Å²) in [7, 11) is 4.29. The van der Waals surface area contributed by atoms with Crippen LogP contribution in [0.25, 0.3) is 21.8 Å². The zero-order valence-corrected chi connectivity index (χ0v) is 14.3. The molecule has 124 valence electrons. The van der Waals surface area contributed by atoms with Gasteiger partial charge in [-0.15, -0.1) is 0 Å². The quantitative estimate of drug-likeness (QED) is 0.688. The van der Waals surface area contributed by atoms with Gasteiger partial charge in [-0.05, 0) is 44.9 Å². The van der Waals surface area contributed by atoms with E-state index in [0.29, 0.717) is 18.1 Å². The SMILES string of the molecule is CN1[C@@H]2CC[C@H]1CC(n1ccc3c(c1=O)c1ccccc1n3C)C2. The first-order valence-electron chi connectivity index (χ1n) is 8.95. The maximum absolute atomic E-state index is 13.3. The van der Waals surface area contributed by atoms with Gasteiger partial charge in [0, 0.05) is 42.3 Å². The number of aryl methyl sites for hydroxylation is 1. The molecule has 4 heteroatoms. The maximum Gasteiger partial charge on any atom is 0.260 e. The van der Waals surface area contributed by atoms with Gasteiger partial charge in [0.2, 0.25) is 0 Å². The zero-order chi connectivity index (χ0) is 16.4. The second-order valence-electron chi connectivity index (χ2n) is 7.54. The topological polar surface area (TPSA) is 30.2 Å². The lowest BCUT2D eigenvalue weighted by molar-refractivity contribution is 0.136. The van der Waals surface area contributed by atoms with Gasteiger partial charge in [0.15, 0.2) is 0 Å². The number of aromatic nitrogens is 2. The van der Waals surface area contributed by atoms with Crippen LogP contribution in [0.4, 0.5) is 0 Å². The predicted molar refractivity (Wildman–Crippen MR) is 97.5 cm³/mol. The Labute approximate surface area is 141 Å². The fraction of sp³-hybridized carbons (Fsp3) is 0.450. The Morgan fingerprint density at radius 2 is 1.62 bits per heavy atom. The van der Waals surface area contributed by atoms with Crippen molar-refractivity contribution < 1.29 is 0 Å². The molecule has 1 unspecified atom stereocenters. The minimum Gasteiger partial charge on any atom is -0.343 e. The van der Waals surface area contributed by atoms with Crippen LogP contribution in [0.15, 0.2) is 41.3 Å². The minimum atomic E-state index is 0.179. The number of hydrogen-bond acceptors (Lipinski definition) is 2. The molecule has 1 aromatic carbocycles. The standard InChI is InChI=1S/C20H23N3O/c1-21-13-7-8-14(21)12-15(11-13)23-10-9-18-19(20(23)24)16-5-3-4-6-17(16)22(18)2/h3-6,9-10,13-15H,7-8,11-12H2,1-2H3/t13-,14+,15?. The summed E-state index contributed by atoms with van der Waals surface area (Å²) in [4.78, 5) is 15.8. The molecule has 24 heavy (non-hydrogen) atoms. The van der Waals surface area contributed by atoms with E-state index < -0.39 is 0 Å². The van der Waals surface area contributed by atoms with Gasteiger partial charge in [0.05, 0.1) is 10.9 Å². The average molecular weight is 321 g/mol. The number of pyridine rings is 1. The van der Waals surface area contributed by atoms with Crippen molar-refractivity contribution in [1.29, 1.82) is 0 Å². The zero-order valence-electron chi connectivity index (χ0n) is 14.3. The predicted octanol–water partition coefficient (Wildman–Crippen LogP) is 3.29. The highest BCUT2D eigenvalue weighted by Gasteiger charge is 2.39. The molecule has 2 aliphatic heterocycles. The van der Waals surface area contributed by atoms with Crippen LogP contribution in [0.5, 0.6) is 0 Å². The summed E-state index contributed by atoms with van der Waals surface area (Å²) < 4.78 is 4.15. The molecule has 0 spiro atoms. The van der Waals surface area contributed by atoms with Crippen molar-refractivity contribution in [3.8, 4) is 0 Å². The van der Waals surface area contributed by atoms with Crippen molar-refractivity contribution in [2.24, 2.45) is 7.05 Å². The molecule has 4 nitrogen and oxygen atoms in total. The number of nitrogens with zero attached hydrogens (tertiary/aromatic N) is 3. The van der Waals surface area contributed by atoms with Crippen LogP contribution in [0.2, 0.25) is 0 Å². The molecule has 0 N–H and O–H groups in total. The van der Waals surface area contributed by atoms with Crippen LogP contribution in [-0.2, 0) is 7.05 Å². The molecule has 2 aromatic heterocycles. The highest BCUT2D eigenvalue weighted by molar-refractivity contribution is 6.07. The number of hydrogen-bond donors (Lipinski definition) is 0. The second-order valence-corrected chi connectivity index (χ2v) is 7.54. The van der Waals surface area contributed by atoms with E-state index in [2.05, 4.69) is 34.7 Å². The lowest BCUT2D eigenvalue weighted by Crippen LogP contribution is -2.42. The Morgan fingerprint density at radius 1 is 0.917 bits per heavy atom. The molecule has 2 saturated heterocycles. The van der Waals surface area contributed by atoms with E-state index in [4.69, 9.17) is 0 Å². The molecular weight excluding hydrogens is 298 g/mol. The molecule has 3 aromatic rings. The second kappa shape index (κ2) is 4.96. The Bertz CT molecular complexity index is 985. The lowest BCUT2D eigenvalue weighted by atomic mass is 9.97. The van der Waals surface area contributed by atoms with Crippen molar-refractivity contribution >= 4 is 21.8 Å². The molecule has 0 radical (unpaired) electrons. The Hall–Kier alpha value is -2.07. The van der Waals surface area contributed by atoms with Crippen molar-refractivity contribution in [1.82, 2.24) is 14.0 Å². The Morgan fingerprint density at radius 3 is 2.38 bits per heavy atom. The highest BCUT2D eigenvalue weighted by Crippen LogP contribution is 2.39. The third kappa shape index (κ3) is 1.80. The lowest BCUT2D eigenvalue weighted by Gasteiger charge is -2.37. The van der Waals surface area contributed by atoms with Crippen LogP contribution in [0, 0.1) is 0 Å².